The normalized spacial score (nSPS) is 18.0. The second kappa shape index (κ2) is 4.57. The monoisotopic (exact) mass is 206 g/mol. The molecule has 0 bridgehead atoms. The molecule has 0 saturated heterocycles. The molecule has 0 unspecified atom stereocenters. The number of hydrogen-bond donors (Lipinski definition) is 2. The Balaban J connectivity index is 4.62. The van der Waals surface area contributed by atoms with Crippen molar-refractivity contribution in [2.45, 2.75) is 51.1 Å². The van der Waals surface area contributed by atoms with Crippen LogP contribution in [-0.2, 0) is 9.47 Å². The molecule has 0 rings (SSSR count). The Hall–Kier alpha value is -0.160. The second-order valence-electron chi connectivity index (χ2n) is 4.50. The van der Waals surface area contributed by atoms with E-state index in [-0.39, 0.29) is 0 Å². The fourth-order valence-corrected chi connectivity index (χ4v) is 1.00. The van der Waals surface area contributed by atoms with Crippen LogP contribution in [0, 0.1) is 0 Å². The van der Waals surface area contributed by atoms with Gasteiger partial charge in [-0.2, -0.15) is 0 Å². The molecule has 2 N–H and O–H groups in total. The number of aliphatic hydroxyl groups excluding tert-OH is 2. The molecule has 0 heterocycles. The molecule has 0 aliphatic rings. The topological polar surface area (TPSA) is 58.9 Å². The molecule has 0 fully saturated rings. The van der Waals surface area contributed by atoms with E-state index >= 15 is 0 Å². The van der Waals surface area contributed by atoms with Gasteiger partial charge in [0.15, 0.2) is 0 Å². The highest BCUT2D eigenvalue weighted by molar-refractivity contribution is 4.92. The van der Waals surface area contributed by atoms with Gasteiger partial charge in [0, 0.05) is 14.2 Å². The first kappa shape index (κ1) is 13.8. The van der Waals surface area contributed by atoms with Crippen molar-refractivity contribution in [3.63, 3.8) is 0 Å². The number of ether oxygens (including phenoxy) is 2. The van der Waals surface area contributed by atoms with Gasteiger partial charge in [0.25, 0.3) is 0 Å². The third-order valence-corrected chi connectivity index (χ3v) is 2.78. The number of rotatable bonds is 5. The summed E-state index contributed by atoms with van der Waals surface area (Å²) in [4.78, 5) is 0. The Labute approximate surface area is 85.8 Å². The molecule has 0 saturated carbocycles. The van der Waals surface area contributed by atoms with Crippen molar-refractivity contribution in [3.8, 4) is 0 Å². The standard InChI is InChI=1S/C10H22O4/c1-9(2,13-5)7(11)8(12)10(3,4)14-6/h7-8,11-12H,1-6H3/t7-,8-/m0/s1. The average molecular weight is 206 g/mol. The zero-order valence-corrected chi connectivity index (χ0v) is 9.87. The first-order chi connectivity index (χ1) is 6.19. The highest BCUT2D eigenvalue weighted by atomic mass is 16.5. The predicted octanol–water partition coefficient (Wildman–Crippen LogP) is 0.558. The van der Waals surface area contributed by atoms with E-state index in [1.807, 2.05) is 0 Å². The molecule has 0 aromatic heterocycles. The summed E-state index contributed by atoms with van der Waals surface area (Å²) in [6.07, 6.45) is -2.00. The summed E-state index contributed by atoms with van der Waals surface area (Å²) in [5.74, 6) is 0. The lowest BCUT2D eigenvalue weighted by Crippen LogP contribution is -2.55. The summed E-state index contributed by atoms with van der Waals surface area (Å²) in [6.45, 7) is 6.86. The molecule has 86 valence electrons. The lowest BCUT2D eigenvalue weighted by atomic mass is 9.87. The van der Waals surface area contributed by atoms with Crippen molar-refractivity contribution in [1.29, 1.82) is 0 Å². The molecular formula is C10H22O4. The first-order valence-corrected chi connectivity index (χ1v) is 4.65. The van der Waals surface area contributed by atoms with Crippen LogP contribution in [-0.4, -0.2) is 47.8 Å². The van der Waals surface area contributed by atoms with E-state index < -0.39 is 23.4 Å². The molecular weight excluding hydrogens is 184 g/mol. The van der Waals surface area contributed by atoms with Gasteiger partial charge in [0.1, 0.15) is 12.2 Å². The SMILES string of the molecule is COC(C)(C)[C@@H](O)[C@H](O)C(C)(C)OC. The summed E-state index contributed by atoms with van der Waals surface area (Å²) >= 11 is 0. The summed E-state index contributed by atoms with van der Waals surface area (Å²) in [7, 11) is 2.99. The fraction of sp³-hybridized carbons (Fsp3) is 1.00. The van der Waals surface area contributed by atoms with Crippen LogP contribution in [0.4, 0.5) is 0 Å². The van der Waals surface area contributed by atoms with Gasteiger partial charge in [-0.15, -0.1) is 0 Å². The van der Waals surface area contributed by atoms with Gasteiger partial charge in [-0.3, -0.25) is 0 Å². The highest BCUT2D eigenvalue weighted by Gasteiger charge is 2.41. The van der Waals surface area contributed by atoms with Crippen LogP contribution in [0.2, 0.25) is 0 Å². The largest absolute Gasteiger partial charge is 0.387 e. The fourth-order valence-electron chi connectivity index (χ4n) is 1.00. The number of methoxy groups -OCH3 is 2. The first-order valence-electron chi connectivity index (χ1n) is 4.65. The van der Waals surface area contributed by atoms with Crippen molar-refractivity contribution >= 4 is 0 Å². The van der Waals surface area contributed by atoms with Gasteiger partial charge in [-0.1, -0.05) is 0 Å². The van der Waals surface area contributed by atoms with Gasteiger partial charge in [-0.25, -0.2) is 0 Å². The van der Waals surface area contributed by atoms with Crippen molar-refractivity contribution in [2.75, 3.05) is 14.2 Å². The Bertz CT molecular complexity index is 157. The molecule has 4 heteroatoms. The smallest absolute Gasteiger partial charge is 0.111 e. The van der Waals surface area contributed by atoms with Crippen molar-refractivity contribution in [3.05, 3.63) is 0 Å². The average Bonchev–Trinajstić information content (AvgIpc) is 2.15. The molecule has 0 aromatic rings. The van der Waals surface area contributed by atoms with Crippen molar-refractivity contribution in [1.82, 2.24) is 0 Å². The minimum Gasteiger partial charge on any atom is -0.387 e. The van der Waals surface area contributed by atoms with E-state index in [1.54, 1.807) is 27.7 Å². The molecule has 4 nitrogen and oxygen atoms in total. The maximum Gasteiger partial charge on any atom is 0.111 e. The Morgan fingerprint density at radius 2 is 1.00 bits per heavy atom. The van der Waals surface area contributed by atoms with Crippen molar-refractivity contribution < 1.29 is 19.7 Å². The molecule has 0 spiro atoms. The van der Waals surface area contributed by atoms with Gasteiger partial charge in [0.05, 0.1) is 11.2 Å². The van der Waals surface area contributed by atoms with E-state index in [4.69, 9.17) is 9.47 Å². The lowest BCUT2D eigenvalue weighted by molar-refractivity contribution is -0.181. The Morgan fingerprint density at radius 1 is 0.786 bits per heavy atom. The predicted molar refractivity (Wildman–Crippen MR) is 54.2 cm³/mol. The Kier molecular flexibility index (Phi) is 4.52. The Morgan fingerprint density at radius 3 is 1.14 bits per heavy atom. The maximum atomic E-state index is 9.86. The van der Waals surface area contributed by atoms with E-state index in [9.17, 15) is 10.2 Å². The lowest BCUT2D eigenvalue weighted by Gasteiger charge is -2.39. The maximum absolute atomic E-state index is 9.86. The van der Waals surface area contributed by atoms with Crippen LogP contribution >= 0.6 is 0 Å². The third kappa shape index (κ3) is 2.92. The van der Waals surface area contributed by atoms with Gasteiger partial charge in [0.2, 0.25) is 0 Å². The molecule has 14 heavy (non-hydrogen) atoms. The molecule has 0 aliphatic heterocycles. The van der Waals surface area contributed by atoms with E-state index in [0.29, 0.717) is 0 Å². The van der Waals surface area contributed by atoms with Crippen molar-refractivity contribution in [2.24, 2.45) is 0 Å². The highest BCUT2D eigenvalue weighted by Crippen LogP contribution is 2.24. The zero-order chi connectivity index (χ0) is 11.6. The summed E-state index contributed by atoms with van der Waals surface area (Å²) < 4.78 is 10.2. The minimum atomic E-state index is -0.998. The van der Waals surface area contributed by atoms with Crippen LogP contribution in [0.15, 0.2) is 0 Å². The van der Waals surface area contributed by atoms with E-state index in [1.165, 1.54) is 14.2 Å². The third-order valence-electron chi connectivity index (χ3n) is 2.78. The molecule has 2 atom stereocenters. The van der Waals surface area contributed by atoms with Crippen LogP contribution < -0.4 is 0 Å². The van der Waals surface area contributed by atoms with E-state index in [2.05, 4.69) is 0 Å². The number of aliphatic hydroxyl groups is 2. The van der Waals surface area contributed by atoms with Gasteiger partial charge >= 0.3 is 0 Å². The minimum absolute atomic E-state index is 0.796. The summed E-state index contributed by atoms with van der Waals surface area (Å²) in [5.41, 5.74) is -1.59. The summed E-state index contributed by atoms with van der Waals surface area (Å²) in [5, 5.41) is 19.7. The molecule has 0 aliphatic carbocycles. The second-order valence-corrected chi connectivity index (χ2v) is 4.50. The molecule has 0 amide bonds. The van der Waals surface area contributed by atoms with Crippen LogP contribution in [0.25, 0.3) is 0 Å². The zero-order valence-electron chi connectivity index (χ0n) is 9.87. The van der Waals surface area contributed by atoms with E-state index in [0.717, 1.165) is 0 Å². The van der Waals surface area contributed by atoms with Gasteiger partial charge < -0.3 is 19.7 Å². The van der Waals surface area contributed by atoms with Crippen LogP contribution in [0.1, 0.15) is 27.7 Å². The van der Waals surface area contributed by atoms with Crippen LogP contribution in [0.3, 0.4) is 0 Å². The molecule has 0 aromatic carbocycles. The quantitative estimate of drug-likeness (QED) is 0.690. The van der Waals surface area contributed by atoms with Gasteiger partial charge in [-0.05, 0) is 27.7 Å². The van der Waals surface area contributed by atoms with Crippen LogP contribution in [0.5, 0.6) is 0 Å². The summed E-state index contributed by atoms with van der Waals surface area (Å²) in [6, 6.07) is 0. The number of hydrogen-bond acceptors (Lipinski definition) is 4. The molecule has 0 radical (unpaired) electrons.